The quantitative estimate of drug-likeness (QED) is 0.335. The van der Waals surface area contributed by atoms with Gasteiger partial charge in [-0.2, -0.15) is 0 Å². The van der Waals surface area contributed by atoms with Crippen molar-refractivity contribution >= 4 is 29.4 Å². The molecule has 0 aliphatic carbocycles. The van der Waals surface area contributed by atoms with Crippen LogP contribution in [0.4, 0.5) is 10.5 Å². The molecule has 1 saturated heterocycles. The largest absolute Gasteiger partial charge is 0.493 e. The van der Waals surface area contributed by atoms with Crippen LogP contribution in [-0.4, -0.2) is 55.2 Å². The van der Waals surface area contributed by atoms with Crippen molar-refractivity contribution < 1.29 is 33.7 Å². The highest BCUT2D eigenvalue weighted by atomic mass is 16.6. The Balaban J connectivity index is 0.000000837. The zero-order chi connectivity index (χ0) is 23.8. The molecule has 0 bridgehead atoms. The number of ether oxygens (including phenoxy) is 3. The van der Waals surface area contributed by atoms with Crippen molar-refractivity contribution in [3.63, 3.8) is 0 Å². The molecule has 1 unspecified atom stereocenters. The van der Waals surface area contributed by atoms with Gasteiger partial charge in [-0.15, -0.1) is 0 Å². The number of nitrogens with zero attached hydrogens (tertiary/aromatic N) is 1. The summed E-state index contributed by atoms with van der Waals surface area (Å²) in [5.74, 6) is -0.0861. The first-order valence-corrected chi connectivity index (χ1v) is 9.56. The molecule has 2 aromatic rings. The summed E-state index contributed by atoms with van der Waals surface area (Å²) in [6.07, 6.45) is -0.973. The van der Waals surface area contributed by atoms with E-state index in [1.54, 1.807) is 42.5 Å². The summed E-state index contributed by atoms with van der Waals surface area (Å²) >= 11 is 0. The Morgan fingerprint density at radius 2 is 1.88 bits per heavy atom. The highest BCUT2D eigenvalue weighted by Crippen LogP contribution is 2.29. The predicted octanol–water partition coefficient (Wildman–Crippen LogP) is 2.68. The van der Waals surface area contributed by atoms with Gasteiger partial charge in [0.1, 0.15) is 12.4 Å². The van der Waals surface area contributed by atoms with Gasteiger partial charge in [-0.05, 0) is 37.3 Å². The normalized spacial score (nSPS) is 14.7. The van der Waals surface area contributed by atoms with Crippen molar-refractivity contribution in [3.8, 4) is 11.5 Å². The van der Waals surface area contributed by atoms with Crippen LogP contribution in [0.2, 0.25) is 0 Å². The van der Waals surface area contributed by atoms with Gasteiger partial charge in [-0.3, -0.25) is 19.9 Å². The average Bonchev–Trinajstić information content (AvgIpc) is 3.12. The lowest BCUT2D eigenvalue weighted by Gasteiger charge is -2.15. The number of carbonyl (C=O) groups is 3. The average molecular weight is 443 g/mol. The molecule has 1 aliphatic heterocycles. The number of amides is 1. The molecule has 1 amide bonds. The maximum Gasteiger partial charge on any atom is 0.414 e. The zero-order valence-electron chi connectivity index (χ0n) is 18.0. The summed E-state index contributed by atoms with van der Waals surface area (Å²) in [7, 11) is 1.49. The summed E-state index contributed by atoms with van der Waals surface area (Å²) in [6, 6.07) is 11.8. The number of nitrogens with one attached hydrogen (secondary N) is 1. The van der Waals surface area contributed by atoms with E-state index in [9.17, 15) is 9.59 Å². The lowest BCUT2D eigenvalue weighted by Crippen LogP contribution is -2.27. The van der Waals surface area contributed by atoms with Crippen LogP contribution in [-0.2, 0) is 9.53 Å². The number of amidine groups is 1. The van der Waals surface area contributed by atoms with Gasteiger partial charge in [0, 0.05) is 23.7 Å². The van der Waals surface area contributed by atoms with E-state index in [0.29, 0.717) is 34.9 Å². The third kappa shape index (κ3) is 6.46. The van der Waals surface area contributed by atoms with E-state index in [2.05, 4.69) is 0 Å². The van der Waals surface area contributed by atoms with Crippen LogP contribution in [0.25, 0.3) is 0 Å². The van der Waals surface area contributed by atoms with Gasteiger partial charge >= 0.3 is 6.09 Å². The Morgan fingerprint density at radius 1 is 1.19 bits per heavy atom. The Labute approximate surface area is 185 Å². The number of nitrogen functional groups attached to an aromatic ring is 1. The SMILES string of the molecule is CC(=O)O.COc1cc(C(C)=O)ccc1OCC1CN(c2cccc(C(=N)N)c2)C(=O)O1. The number of hydrogen-bond acceptors (Lipinski definition) is 7. The number of carbonyl (C=O) groups excluding carboxylic acids is 2. The Bertz CT molecular complexity index is 1020. The number of aliphatic carboxylic acids is 1. The van der Waals surface area contributed by atoms with Crippen LogP contribution in [0.15, 0.2) is 42.5 Å². The highest BCUT2D eigenvalue weighted by Gasteiger charge is 2.33. The summed E-state index contributed by atoms with van der Waals surface area (Å²) in [5, 5.41) is 14.9. The molecule has 1 fully saturated rings. The topological polar surface area (TPSA) is 152 Å². The smallest absolute Gasteiger partial charge is 0.414 e. The number of cyclic esters (lactones) is 1. The van der Waals surface area contributed by atoms with E-state index in [1.165, 1.54) is 18.9 Å². The number of carboxylic acid groups (broad SMARTS) is 1. The maximum atomic E-state index is 12.2. The molecule has 0 spiro atoms. The molecule has 0 saturated carbocycles. The van der Waals surface area contributed by atoms with Crippen LogP contribution in [0, 0.1) is 5.41 Å². The van der Waals surface area contributed by atoms with Crippen LogP contribution in [0.5, 0.6) is 11.5 Å². The van der Waals surface area contributed by atoms with Gasteiger partial charge in [0.05, 0.1) is 13.7 Å². The van der Waals surface area contributed by atoms with E-state index < -0.39 is 18.2 Å². The first-order valence-electron chi connectivity index (χ1n) is 9.56. The number of methoxy groups -OCH3 is 1. The van der Waals surface area contributed by atoms with Crippen molar-refractivity contribution in [1.29, 1.82) is 5.41 Å². The molecule has 0 aromatic heterocycles. The number of rotatable bonds is 7. The highest BCUT2D eigenvalue weighted by molar-refractivity contribution is 5.97. The Kier molecular flexibility index (Phi) is 8.17. The first-order chi connectivity index (χ1) is 15.1. The van der Waals surface area contributed by atoms with E-state index in [1.807, 2.05) is 0 Å². The Morgan fingerprint density at radius 3 is 2.47 bits per heavy atom. The summed E-state index contributed by atoms with van der Waals surface area (Å²) in [6.45, 7) is 2.99. The van der Waals surface area contributed by atoms with Gasteiger partial charge in [0.15, 0.2) is 23.4 Å². The van der Waals surface area contributed by atoms with Gasteiger partial charge in [0.2, 0.25) is 0 Å². The minimum absolute atomic E-state index is 0.0713. The van der Waals surface area contributed by atoms with Crippen LogP contribution >= 0.6 is 0 Å². The number of benzene rings is 2. The fourth-order valence-corrected chi connectivity index (χ4v) is 2.85. The molecule has 32 heavy (non-hydrogen) atoms. The third-order valence-electron chi connectivity index (χ3n) is 4.34. The molecular formula is C22H25N3O7. The molecule has 1 heterocycles. The second kappa shape index (κ2) is 10.8. The molecule has 3 rings (SSSR count). The number of anilines is 1. The third-order valence-corrected chi connectivity index (χ3v) is 4.34. The zero-order valence-corrected chi connectivity index (χ0v) is 18.0. The molecule has 1 aliphatic rings. The first kappa shape index (κ1) is 24.2. The van der Waals surface area contributed by atoms with Crippen LogP contribution in [0.1, 0.15) is 29.8 Å². The lowest BCUT2D eigenvalue weighted by atomic mass is 10.1. The molecule has 10 nitrogen and oxygen atoms in total. The predicted molar refractivity (Wildman–Crippen MR) is 117 cm³/mol. The maximum absolute atomic E-state index is 12.2. The summed E-state index contributed by atoms with van der Waals surface area (Å²) in [5.41, 5.74) is 7.16. The standard InChI is InChI=1S/C20H21N3O5.C2H4O2/c1-12(24)13-6-7-17(18(9-13)26-2)27-11-16-10-23(20(25)28-16)15-5-3-4-14(8-15)19(21)22;1-2(3)4/h3-9,16H,10-11H2,1-2H3,(H3,21,22);1H3,(H,3,4). The number of hydrogen-bond donors (Lipinski definition) is 3. The van der Waals surface area contributed by atoms with Gasteiger partial charge in [-0.25, -0.2) is 4.79 Å². The summed E-state index contributed by atoms with van der Waals surface area (Å²) < 4.78 is 16.4. The number of carboxylic acids is 1. The number of Topliss-reactive ketones (excluding diaryl/α,β-unsaturated/α-hetero) is 1. The number of ketones is 1. The van der Waals surface area contributed by atoms with Crippen LogP contribution < -0.4 is 20.1 Å². The van der Waals surface area contributed by atoms with E-state index in [4.69, 9.17) is 35.3 Å². The minimum atomic E-state index is -0.833. The molecular weight excluding hydrogens is 418 g/mol. The van der Waals surface area contributed by atoms with Gasteiger partial charge in [-0.1, -0.05) is 12.1 Å². The fourth-order valence-electron chi connectivity index (χ4n) is 2.85. The second-order valence-electron chi connectivity index (χ2n) is 6.83. The Hall–Kier alpha value is -4.08. The molecule has 0 radical (unpaired) electrons. The number of nitrogens with two attached hydrogens (primary N) is 1. The monoisotopic (exact) mass is 443 g/mol. The van der Waals surface area contributed by atoms with Crippen molar-refractivity contribution in [3.05, 3.63) is 53.6 Å². The minimum Gasteiger partial charge on any atom is -0.493 e. The molecule has 4 N–H and O–H groups in total. The molecule has 1 atom stereocenters. The van der Waals surface area contributed by atoms with Gasteiger partial charge < -0.3 is 25.1 Å². The lowest BCUT2D eigenvalue weighted by molar-refractivity contribution is -0.134. The van der Waals surface area contributed by atoms with Crippen molar-refractivity contribution in [2.75, 3.05) is 25.2 Å². The van der Waals surface area contributed by atoms with Crippen LogP contribution in [0.3, 0.4) is 0 Å². The van der Waals surface area contributed by atoms with Crippen molar-refractivity contribution in [2.24, 2.45) is 5.73 Å². The van der Waals surface area contributed by atoms with E-state index in [-0.39, 0.29) is 18.2 Å². The fraction of sp³-hybridized carbons (Fsp3) is 0.273. The molecule has 170 valence electrons. The van der Waals surface area contributed by atoms with Crippen molar-refractivity contribution in [1.82, 2.24) is 0 Å². The molecule has 10 heteroatoms. The van der Waals surface area contributed by atoms with E-state index >= 15 is 0 Å². The van der Waals surface area contributed by atoms with Crippen molar-refractivity contribution in [2.45, 2.75) is 20.0 Å². The second-order valence-corrected chi connectivity index (χ2v) is 6.83. The van der Waals surface area contributed by atoms with Gasteiger partial charge in [0.25, 0.3) is 5.97 Å². The summed E-state index contributed by atoms with van der Waals surface area (Å²) in [4.78, 5) is 34.2. The molecule has 2 aromatic carbocycles. The van der Waals surface area contributed by atoms with E-state index in [0.717, 1.165) is 6.92 Å².